The number of halogens is 1. The minimum atomic E-state index is -3.26. The first-order valence-corrected chi connectivity index (χ1v) is 7.98. The van der Waals surface area contributed by atoms with Crippen LogP contribution >= 0.6 is 11.6 Å². The molecule has 0 aliphatic carbocycles. The highest BCUT2D eigenvalue weighted by Gasteiger charge is 2.14. The second-order valence-corrected chi connectivity index (χ2v) is 6.64. The topological polar surface area (TPSA) is 63.2 Å². The number of aromatic nitrogens is 2. The van der Waals surface area contributed by atoms with Crippen LogP contribution in [0, 0.1) is 0 Å². The maximum atomic E-state index is 11.6. The predicted octanol–water partition coefficient (Wildman–Crippen LogP) is 2.14. The Morgan fingerprint density at radius 2 is 2.00 bits per heavy atom. The maximum absolute atomic E-state index is 11.6. The van der Waals surface area contributed by atoms with Crippen molar-refractivity contribution >= 4 is 38.2 Å². The number of hydrogen-bond acceptors (Lipinski definition) is 5. The fourth-order valence-electron chi connectivity index (χ4n) is 1.74. The summed E-state index contributed by atoms with van der Waals surface area (Å²) in [5.41, 5.74) is 0.628. The lowest BCUT2D eigenvalue weighted by molar-refractivity contribution is 0.602. The van der Waals surface area contributed by atoms with E-state index in [1.807, 2.05) is 18.9 Å². The van der Waals surface area contributed by atoms with Crippen molar-refractivity contribution < 1.29 is 8.42 Å². The quantitative estimate of drug-likeness (QED) is 0.813. The SMILES string of the molecule is CCN(C)c1nc(Cl)nc2ccc(S(C)(=O)=O)cc12. The Labute approximate surface area is 117 Å². The molecular weight excluding hydrogens is 286 g/mol. The van der Waals surface area contributed by atoms with Crippen molar-refractivity contribution in [1.29, 1.82) is 0 Å². The van der Waals surface area contributed by atoms with E-state index in [2.05, 4.69) is 9.97 Å². The molecule has 0 fully saturated rings. The van der Waals surface area contributed by atoms with Crippen LogP contribution in [0.2, 0.25) is 5.28 Å². The molecule has 0 saturated carbocycles. The largest absolute Gasteiger partial charge is 0.359 e. The van der Waals surface area contributed by atoms with Gasteiger partial charge in [0.2, 0.25) is 5.28 Å². The Morgan fingerprint density at radius 1 is 1.32 bits per heavy atom. The van der Waals surface area contributed by atoms with E-state index < -0.39 is 9.84 Å². The third-order valence-electron chi connectivity index (χ3n) is 2.88. The van der Waals surface area contributed by atoms with Gasteiger partial charge in [-0.1, -0.05) is 0 Å². The van der Waals surface area contributed by atoms with E-state index in [1.165, 1.54) is 12.3 Å². The molecule has 0 N–H and O–H groups in total. The summed E-state index contributed by atoms with van der Waals surface area (Å²) in [5.74, 6) is 0.628. The summed E-state index contributed by atoms with van der Waals surface area (Å²) in [6.07, 6.45) is 1.17. The standard InChI is InChI=1S/C12H14ClN3O2S/c1-4-16(2)11-9-7-8(19(3,17)18)5-6-10(9)14-12(13)15-11/h5-7H,4H2,1-3H3. The van der Waals surface area contributed by atoms with Crippen LogP contribution in [-0.2, 0) is 9.84 Å². The van der Waals surface area contributed by atoms with Crippen molar-refractivity contribution in [3.05, 3.63) is 23.5 Å². The van der Waals surface area contributed by atoms with Gasteiger partial charge in [0.25, 0.3) is 0 Å². The van der Waals surface area contributed by atoms with Crippen LogP contribution in [-0.4, -0.2) is 38.2 Å². The smallest absolute Gasteiger partial charge is 0.224 e. The Morgan fingerprint density at radius 3 is 2.58 bits per heavy atom. The molecule has 0 aliphatic heterocycles. The van der Waals surface area contributed by atoms with Crippen LogP contribution in [0.3, 0.4) is 0 Å². The van der Waals surface area contributed by atoms with Gasteiger partial charge in [-0.3, -0.25) is 0 Å². The third-order valence-corrected chi connectivity index (χ3v) is 4.16. The van der Waals surface area contributed by atoms with Crippen molar-refractivity contribution in [1.82, 2.24) is 9.97 Å². The van der Waals surface area contributed by atoms with Gasteiger partial charge < -0.3 is 4.90 Å². The first-order valence-electron chi connectivity index (χ1n) is 5.71. The highest BCUT2D eigenvalue weighted by Crippen LogP contribution is 2.27. The minimum Gasteiger partial charge on any atom is -0.359 e. The van der Waals surface area contributed by atoms with Gasteiger partial charge in [0, 0.05) is 25.2 Å². The second kappa shape index (κ2) is 4.94. The van der Waals surface area contributed by atoms with Crippen LogP contribution in [0.4, 0.5) is 5.82 Å². The third kappa shape index (κ3) is 2.79. The molecule has 19 heavy (non-hydrogen) atoms. The molecule has 2 aromatic rings. The number of fused-ring (bicyclic) bond motifs is 1. The molecule has 5 nitrogen and oxygen atoms in total. The summed E-state index contributed by atoms with van der Waals surface area (Å²) in [5, 5.41) is 0.826. The van der Waals surface area contributed by atoms with Gasteiger partial charge in [-0.25, -0.2) is 13.4 Å². The molecule has 1 aromatic carbocycles. The Hall–Kier alpha value is -1.40. The zero-order valence-electron chi connectivity index (χ0n) is 10.9. The second-order valence-electron chi connectivity index (χ2n) is 4.28. The number of benzene rings is 1. The van der Waals surface area contributed by atoms with Crippen LogP contribution in [0.1, 0.15) is 6.92 Å². The summed E-state index contributed by atoms with van der Waals surface area (Å²) < 4.78 is 23.2. The molecule has 0 radical (unpaired) electrons. The highest BCUT2D eigenvalue weighted by molar-refractivity contribution is 7.90. The molecule has 0 bridgehead atoms. The summed E-state index contributed by atoms with van der Waals surface area (Å²) >= 11 is 5.89. The molecule has 0 atom stereocenters. The molecule has 1 heterocycles. The van der Waals surface area contributed by atoms with Crippen LogP contribution in [0.15, 0.2) is 23.1 Å². The number of nitrogens with zero attached hydrogens (tertiary/aromatic N) is 3. The minimum absolute atomic E-state index is 0.148. The van der Waals surface area contributed by atoms with E-state index in [0.29, 0.717) is 16.7 Å². The Balaban J connectivity index is 2.79. The molecule has 102 valence electrons. The Kier molecular flexibility index (Phi) is 3.64. The number of sulfone groups is 1. The van der Waals surface area contributed by atoms with Gasteiger partial charge >= 0.3 is 0 Å². The van der Waals surface area contributed by atoms with E-state index in [1.54, 1.807) is 12.1 Å². The molecule has 1 aromatic heterocycles. The zero-order valence-corrected chi connectivity index (χ0v) is 12.5. The lowest BCUT2D eigenvalue weighted by Crippen LogP contribution is -2.18. The first-order chi connectivity index (χ1) is 8.82. The van der Waals surface area contributed by atoms with Gasteiger partial charge in [0.05, 0.1) is 10.4 Å². The van der Waals surface area contributed by atoms with E-state index >= 15 is 0 Å². The normalized spacial score (nSPS) is 11.8. The molecular formula is C12H14ClN3O2S. The van der Waals surface area contributed by atoms with Crippen molar-refractivity contribution in [2.45, 2.75) is 11.8 Å². The highest BCUT2D eigenvalue weighted by atomic mass is 35.5. The summed E-state index contributed by atoms with van der Waals surface area (Å²) in [6.45, 7) is 2.70. The van der Waals surface area contributed by atoms with Crippen LogP contribution in [0.25, 0.3) is 10.9 Å². The van der Waals surface area contributed by atoms with E-state index in [4.69, 9.17) is 11.6 Å². The fraction of sp³-hybridized carbons (Fsp3) is 0.333. The summed E-state index contributed by atoms with van der Waals surface area (Å²) in [6, 6.07) is 4.76. The summed E-state index contributed by atoms with van der Waals surface area (Å²) in [7, 11) is -1.39. The molecule has 0 spiro atoms. The maximum Gasteiger partial charge on any atom is 0.224 e. The van der Waals surface area contributed by atoms with Crippen molar-refractivity contribution in [2.24, 2.45) is 0 Å². The monoisotopic (exact) mass is 299 g/mol. The molecule has 0 unspecified atom stereocenters. The zero-order chi connectivity index (χ0) is 14.2. The number of hydrogen-bond donors (Lipinski definition) is 0. The van der Waals surface area contributed by atoms with Crippen molar-refractivity contribution in [2.75, 3.05) is 24.7 Å². The van der Waals surface area contributed by atoms with Crippen molar-refractivity contribution in [3.63, 3.8) is 0 Å². The van der Waals surface area contributed by atoms with Gasteiger partial charge in [-0.15, -0.1) is 0 Å². The number of rotatable bonds is 3. The van der Waals surface area contributed by atoms with Gasteiger partial charge in [0.15, 0.2) is 9.84 Å². The van der Waals surface area contributed by atoms with E-state index in [0.717, 1.165) is 6.54 Å². The van der Waals surface area contributed by atoms with E-state index in [9.17, 15) is 8.42 Å². The molecule has 0 aliphatic rings. The average molecular weight is 300 g/mol. The lowest BCUT2D eigenvalue weighted by Gasteiger charge is -2.17. The van der Waals surface area contributed by atoms with E-state index in [-0.39, 0.29) is 10.2 Å². The van der Waals surface area contributed by atoms with Gasteiger partial charge in [-0.05, 0) is 36.7 Å². The molecule has 7 heteroatoms. The van der Waals surface area contributed by atoms with Crippen LogP contribution in [0.5, 0.6) is 0 Å². The fourth-order valence-corrected chi connectivity index (χ4v) is 2.55. The summed E-state index contributed by atoms with van der Waals surface area (Å²) in [4.78, 5) is 10.4. The van der Waals surface area contributed by atoms with Crippen molar-refractivity contribution in [3.8, 4) is 0 Å². The molecule has 0 saturated heterocycles. The lowest BCUT2D eigenvalue weighted by atomic mass is 10.2. The molecule has 0 amide bonds. The Bertz CT molecular complexity index is 731. The average Bonchev–Trinajstić information content (AvgIpc) is 2.35. The van der Waals surface area contributed by atoms with Gasteiger partial charge in [0.1, 0.15) is 5.82 Å². The first kappa shape index (κ1) is 14.0. The number of anilines is 1. The van der Waals surface area contributed by atoms with Gasteiger partial charge in [-0.2, -0.15) is 4.98 Å². The molecule has 2 rings (SSSR count). The predicted molar refractivity (Wildman–Crippen MR) is 76.6 cm³/mol. The van der Waals surface area contributed by atoms with Crippen LogP contribution < -0.4 is 4.90 Å².